The quantitative estimate of drug-likeness (QED) is 0.928. The van der Waals surface area contributed by atoms with Gasteiger partial charge in [0.15, 0.2) is 0 Å². The van der Waals surface area contributed by atoms with Gasteiger partial charge < -0.3 is 10.6 Å². The lowest BCUT2D eigenvalue weighted by molar-refractivity contribution is -0.138. The van der Waals surface area contributed by atoms with Crippen molar-refractivity contribution in [2.75, 3.05) is 32.7 Å². The molecular formula is C19H29N3O. The minimum absolute atomic E-state index is 0.134. The average molecular weight is 315 g/mol. The highest BCUT2D eigenvalue weighted by atomic mass is 16.2. The number of hydrogen-bond donors (Lipinski definition) is 1. The van der Waals surface area contributed by atoms with Gasteiger partial charge in [-0.15, -0.1) is 0 Å². The van der Waals surface area contributed by atoms with Crippen LogP contribution in [0.5, 0.6) is 0 Å². The zero-order valence-corrected chi connectivity index (χ0v) is 14.2. The lowest BCUT2D eigenvalue weighted by Crippen LogP contribution is -2.45. The van der Waals surface area contributed by atoms with Gasteiger partial charge in [-0.25, -0.2) is 0 Å². The molecule has 4 nitrogen and oxygen atoms in total. The highest BCUT2D eigenvalue weighted by Gasteiger charge is 2.40. The van der Waals surface area contributed by atoms with Crippen molar-refractivity contribution in [2.45, 2.75) is 38.6 Å². The van der Waals surface area contributed by atoms with Gasteiger partial charge in [-0.2, -0.15) is 0 Å². The summed E-state index contributed by atoms with van der Waals surface area (Å²) in [5.74, 6) is 0.275. The van der Waals surface area contributed by atoms with Crippen molar-refractivity contribution in [1.82, 2.24) is 9.80 Å². The Hall–Kier alpha value is -1.39. The predicted octanol–water partition coefficient (Wildman–Crippen LogP) is 2.41. The number of likely N-dealkylation sites (tertiary alicyclic amines) is 2. The van der Waals surface area contributed by atoms with Crippen molar-refractivity contribution in [2.24, 2.45) is 11.1 Å². The van der Waals surface area contributed by atoms with E-state index in [1.807, 2.05) is 18.2 Å². The number of benzene rings is 1. The Balaban J connectivity index is 1.84. The molecule has 1 amide bonds. The third-order valence-corrected chi connectivity index (χ3v) is 5.46. The molecular weight excluding hydrogens is 286 g/mol. The van der Waals surface area contributed by atoms with E-state index >= 15 is 0 Å². The van der Waals surface area contributed by atoms with Gasteiger partial charge in [0.1, 0.15) is 6.04 Å². The van der Waals surface area contributed by atoms with E-state index in [1.165, 1.54) is 6.42 Å². The summed E-state index contributed by atoms with van der Waals surface area (Å²) >= 11 is 0. The lowest BCUT2D eigenvalue weighted by Gasteiger charge is -2.35. The fourth-order valence-electron chi connectivity index (χ4n) is 3.88. The van der Waals surface area contributed by atoms with E-state index in [0.717, 1.165) is 51.0 Å². The Labute approximate surface area is 139 Å². The maximum absolute atomic E-state index is 13.2. The summed E-state index contributed by atoms with van der Waals surface area (Å²) in [4.78, 5) is 17.7. The second kappa shape index (κ2) is 7.02. The van der Waals surface area contributed by atoms with Crippen LogP contribution in [-0.2, 0) is 4.79 Å². The minimum atomic E-state index is -0.150. The molecule has 0 aliphatic carbocycles. The van der Waals surface area contributed by atoms with Crippen molar-refractivity contribution in [3.8, 4) is 0 Å². The Morgan fingerprint density at radius 3 is 2.48 bits per heavy atom. The van der Waals surface area contributed by atoms with E-state index in [2.05, 4.69) is 28.9 Å². The molecule has 2 unspecified atom stereocenters. The van der Waals surface area contributed by atoms with Crippen molar-refractivity contribution < 1.29 is 4.79 Å². The molecule has 0 aromatic heterocycles. The first-order valence-corrected chi connectivity index (χ1v) is 8.91. The summed E-state index contributed by atoms with van der Waals surface area (Å²) < 4.78 is 0. The molecule has 1 aromatic carbocycles. The first-order valence-electron chi connectivity index (χ1n) is 8.91. The van der Waals surface area contributed by atoms with Gasteiger partial charge in [-0.3, -0.25) is 9.69 Å². The summed E-state index contributed by atoms with van der Waals surface area (Å²) in [5.41, 5.74) is 7.22. The van der Waals surface area contributed by atoms with Gasteiger partial charge in [-0.1, -0.05) is 37.3 Å². The van der Waals surface area contributed by atoms with E-state index in [4.69, 9.17) is 5.73 Å². The first kappa shape index (κ1) is 16.5. The molecule has 126 valence electrons. The number of piperidine rings is 1. The predicted molar refractivity (Wildman–Crippen MR) is 93.0 cm³/mol. The van der Waals surface area contributed by atoms with Crippen molar-refractivity contribution in [3.63, 3.8) is 0 Å². The molecule has 2 saturated heterocycles. The molecule has 2 fully saturated rings. The van der Waals surface area contributed by atoms with E-state index in [1.54, 1.807) is 0 Å². The van der Waals surface area contributed by atoms with Crippen LogP contribution in [0, 0.1) is 5.41 Å². The van der Waals surface area contributed by atoms with Crippen LogP contribution >= 0.6 is 0 Å². The number of rotatable bonds is 4. The van der Waals surface area contributed by atoms with Crippen molar-refractivity contribution in [3.05, 3.63) is 35.9 Å². The van der Waals surface area contributed by atoms with Gasteiger partial charge in [0.05, 0.1) is 0 Å². The molecule has 0 saturated carbocycles. The third-order valence-electron chi connectivity index (χ3n) is 5.46. The smallest absolute Gasteiger partial charge is 0.244 e. The molecule has 2 aliphatic heterocycles. The Bertz CT molecular complexity index is 527. The monoisotopic (exact) mass is 315 g/mol. The molecule has 2 atom stereocenters. The van der Waals surface area contributed by atoms with E-state index in [0.29, 0.717) is 6.54 Å². The van der Waals surface area contributed by atoms with Gasteiger partial charge in [0.25, 0.3) is 0 Å². The molecule has 2 aliphatic rings. The van der Waals surface area contributed by atoms with E-state index in [-0.39, 0.29) is 17.4 Å². The zero-order chi connectivity index (χ0) is 16.3. The standard InChI is InChI=1S/C19H29N3O/c1-19(14-20)10-13-22(15-19)17(16-8-4-2-5-9-16)18(23)21-11-6-3-7-12-21/h2,4-5,8-9,17H,3,6-7,10-15,20H2,1H3. The van der Waals surface area contributed by atoms with E-state index in [9.17, 15) is 4.79 Å². The number of nitrogens with two attached hydrogens (primary N) is 1. The maximum Gasteiger partial charge on any atom is 0.244 e. The van der Waals surface area contributed by atoms with Crippen LogP contribution in [0.1, 0.15) is 44.2 Å². The number of carbonyl (C=O) groups is 1. The lowest BCUT2D eigenvalue weighted by atomic mass is 9.90. The van der Waals surface area contributed by atoms with Gasteiger partial charge in [0.2, 0.25) is 5.91 Å². The highest BCUT2D eigenvalue weighted by molar-refractivity contribution is 5.83. The largest absolute Gasteiger partial charge is 0.341 e. The Morgan fingerprint density at radius 2 is 1.87 bits per heavy atom. The zero-order valence-electron chi connectivity index (χ0n) is 14.2. The summed E-state index contributed by atoms with van der Waals surface area (Å²) in [5, 5.41) is 0. The Morgan fingerprint density at radius 1 is 1.17 bits per heavy atom. The average Bonchev–Trinajstić information content (AvgIpc) is 2.99. The number of hydrogen-bond acceptors (Lipinski definition) is 3. The van der Waals surface area contributed by atoms with Gasteiger partial charge in [-0.05, 0) is 49.8 Å². The fourth-order valence-corrected chi connectivity index (χ4v) is 3.88. The van der Waals surface area contributed by atoms with Crippen LogP contribution in [0.2, 0.25) is 0 Å². The molecule has 0 bridgehead atoms. The molecule has 2 N–H and O–H groups in total. The Kier molecular flexibility index (Phi) is 5.02. The van der Waals surface area contributed by atoms with Gasteiger partial charge in [0, 0.05) is 19.6 Å². The number of nitrogens with zero attached hydrogens (tertiary/aromatic N) is 2. The molecule has 3 rings (SSSR count). The normalized spacial score (nSPS) is 27.1. The summed E-state index contributed by atoms with van der Waals surface area (Å²) in [6, 6.07) is 10.1. The summed E-state index contributed by atoms with van der Waals surface area (Å²) in [7, 11) is 0. The van der Waals surface area contributed by atoms with Crippen LogP contribution in [0.4, 0.5) is 0 Å². The molecule has 1 aromatic rings. The molecule has 4 heteroatoms. The SMILES string of the molecule is CC1(CN)CCN(C(C(=O)N2CCCCC2)c2ccccc2)C1. The fraction of sp³-hybridized carbons (Fsp3) is 0.632. The molecule has 2 heterocycles. The topological polar surface area (TPSA) is 49.6 Å². The van der Waals surface area contributed by atoms with Crippen molar-refractivity contribution >= 4 is 5.91 Å². The van der Waals surface area contributed by atoms with Crippen LogP contribution in [0.3, 0.4) is 0 Å². The van der Waals surface area contributed by atoms with Crippen LogP contribution in [0.15, 0.2) is 30.3 Å². The van der Waals surface area contributed by atoms with Crippen LogP contribution < -0.4 is 5.73 Å². The van der Waals surface area contributed by atoms with E-state index < -0.39 is 0 Å². The van der Waals surface area contributed by atoms with Gasteiger partial charge >= 0.3 is 0 Å². The third kappa shape index (κ3) is 3.59. The molecule has 0 spiro atoms. The first-order chi connectivity index (χ1) is 11.1. The second-order valence-electron chi connectivity index (χ2n) is 7.43. The highest BCUT2D eigenvalue weighted by Crippen LogP contribution is 2.35. The van der Waals surface area contributed by atoms with Crippen LogP contribution in [0.25, 0.3) is 0 Å². The summed E-state index contributed by atoms with van der Waals surface area (Å²) in [6.07, 6.45) is 4.58. The molecule has 0 radical (unpaired) electrons. The number of carbonyl (C=O) groups excluding carboxylic acids is 1. The summed E-state index contributed by atoms with van der Waals surface area (Å²) in [6.45, 7) is 6.59. The molecule has 23 heavy (non-hydrogen) atoms. The second-order valence-corrected chi connectivity index (χ2v) is 7.43. The minimum Gasteiger partial charge on any atom is -0.341 e. The number of amides is 1. The maximum atomic E-state index is 13.2. The van der Waals surface area contributed by atoms with Crippen LogP contribution in [-0.4, -0.2) is 48.4 Å². The van der Waals surface area contributed by atoms with Crippen molar-refractivity contribution in [1.29, 1.82) is 0 Å².